The average Bonchev–Trinajstić information content (AvgIpc) is 2.63. The molecule has 4 N–H and O–H groups in total. The summed E-state index contributed by atoms with van der Waals surface area (Å²) in [6.07, 6.45) is 3.88. The summed E-state index contributed by atoms with van der Waals surface area (Å²) in [6.45, 7) is 5.42. The zero-order valence-corrected chi connectivity index (χ0v) is 9.89. The maximum absolute atomic E-state index is 10.7. The number of rotatable bonds is 6. The molecular weight excluding hydrogens is 204 g/mol. The van der Waals surface area contributed by atoms with Crippen LogP contribution in [0.2, 0.25) is 0 Å². The fraction of sp³-hybridized carbons (Fsp3) is 0.636. The van der Waals surface area contributed by atoms with Crippen molar-refractivity contribution >= 4 is 5.91 Å². The van der Waals surface area contributed by atoms with Crippen molar-refractivity contribution in [2.24, 2.45) is 17.4 Å². The predicted molar refractivity (Wildman–Crippen MR) is 62.7 cm³/mol. The highest BCUT2D eigenvalue weighted by molar-refractivity contribution is 5.73. The van der Waals surface area contributed by atoms with E-state index >= 15 is 0 Å². The first-order chi connectivity index (χ1) is 7.56. The number of aromatic nitrogens is 2. The average molecular weight is 224 g/mol. The molecule has 0 aliphatic carbocycles. The van der Waals surface area contributed by atoms with Crippen molar-refractivity contribution in [3.05, 3.63) is 18.2 Å². The molecule has 0 spiro atoms. The lowest BCUT2D eigenvalue weighted by Gasteiger charge is -2.20. The number of nitrogens with zero attached hydrogens (tertiary/aromatic N) is 2. The zero-order valence-electron chi connectivity index (χ0n) is 9.89. The van der Waals surface area contributed by atoms with Gasteiger partial charge in [-0.1, -0.05) is 13.8 Å². The predicted octanol–water partition coefficient (Wildman–Crippen LogP) is 0.457. The van der Waals surface area contributed by atoms with Gasteiger partial charge in [0.1, 0.15) is 0 Å². The van der Waals surface area contributed by atoms with Crippen molar-refractivity contribution in [3.8, 4) is 0 Å². The monoisotopic (exact) mass is 224 g/mol. The van der Waals surface area contributed by atoms with E-state index in [1.165, 1.54) is 0 Å². The van der Waals surface area contributed by atoms with E-state index < -0.39 is 0 Å². The number of carbonyl (C=O) groups excluding carboxylic acids is 1. The lowest BCUT2D eigenvalue weighted by atomic mass is 9.93. The first-order valence-corrected chi connectivity index (χ1v) is 5.54. The Labute approximate surface area is 95.8 Å². The fourth-order valence-corrected chi connectivity index (χ4v) is 1.79. The van der Waals surface area contributed by atoms with E-state index in [0.717, 1.165) is 5.69 Å². The Morgan fingerprint density at radius 1 is 1.56 bits per heavy atom. The highest BCUT2D eigenvalue weighted by atomic mass is 16.1. The molecule has 0 aliphatic rings. The first-order valence-electron chi connectivity index (χ1n) is 5.54. The molecule has 0 fully saturated rings. The minimum Gasteiger partial charge on any atom is -0.370 e. The molecule has 16 heavy (non-hydrogen) atoms. The van der Waals surface area contributed by atoms with Crippen LogP contribution in [0.15, 0.2) is 12.5 Å². The van der Waals surface area contributed by atoms with Crippen molar-refractivity contribution < 1.29 is 4.79 Å². The second kappa shape index (κ2) is 5.65. The van der Waals surface area contributed by atoms with Crippen LogP contribution in [0.3, 0.4) is 0 Å². The maximum Gasteiger partial charge on any atom is 0.219 e. The van der Waals surface area contributed by atoms with Gasteiger partial charge in [0.15, 0.2) is 0 Å². The van der Waals surface area contributed by atoms with Gasteiger partial charge in [-0.05, 0) is 5.92 Å². The topological polar surface area (TPSA) is 86.9 Å². The maximum atomic E-state index is 10.7. The third-order valence-electron chi connectivity index (χ3n) is 2.78. The Balaban J connectivity index is 2.79. The number of imidazole rings is 1. The lowest BCUT2D eigenvalue weighted by Crippen LogP contribution is -2.22. The van der Waals surface area contributed by atoms with E-state index in [2.05, 4.69) is 18.8 Å². The Morgan fingerprint density at radius 3 is 2.75 bits per heavy atom. The highest BCUT2D eigenvalue weighted by Crippen LogP contribution is 2.22. The number of primary amides is 1. The van der Waals surface area contributed by atoms with Crippen LogP contribution in [-0.2, 0) is 11.3 Å². The van der Waals surface area contributed by atoms with Crippen LogP contribution in [0.4, 0.5) is 0 Å². The highest BCUT2D eigenvalue weighted by Gasteiger charge is 2.18. The molecule has 1 amide bonds. The van der Waals surface area contributed by atoms with E-state index in [0.29, 0.717) is 25.4 Å². The first kappa shape index (κ1) is 12.7. The fourth-order valence-electron chi connectivity index (χ4n) is 1.79. The Morgan fingerprint density at radius 2 is 2.25 bits per heavy atom. The molecule has 0 radical (unpaired) electrons. The summed E-state index contributed by atoms with van der Waals surface area (Å²) < 4.78 is 1.96. The number of nitrogens with two attached hydrogens (primary N) is 2. The van der Waals surface area contributed by atoms with Crippen LogP contribution in [0.1, 0.15) is 31.9 Å². The summed E-state index contributed by atoms with van der Waals surface area (Å²) in [5, 5.41) is 0. The SMILES string of the molecule is CC(C)C(CN)c1cncn1CCC(N)=O. The van der Waals surface area contributed by atoms with Crippen molar-refractivity contribution in [1.82, 2.24) is 9.55 Å². The summed E-state index contributed by atoms with van der Waals surface area (Å²) >= 11 is 0. The van der Waals surface area contributed by atoms with Gasteiger partial charge in [0.25, 0.3) is 0 Å². The van der Waals surface area contributed by atoms with Gasteiger partial charge < -0.3 is 16.0 Å². The summed E-state index contributed by atoms with van der Waals surface area (Å²) in [4.78, 5) is 14.8. The third kappa shape index (κ3) is 3.06. The van der Waals surface area contributed by atoms with Crippen LogP contribution in [0.5, 0.6) is 0 Å². The second-order valence-electron chi connectivity index (χ2n) is 4.31. The molecule has 5 nitrogen and oxygen atoms in total. The van der Waals surface area contributed by atoms with E-state index in [1.807, 2.05) is 10.8 Å². The summed E-state index contributed by atoms with van der Waals surface area (Å²) in [5.41, 5.74) is 12.0. The van der Waals surface area contributed by atoms with E-state index in [9.17, 15) is 4.79 Å². The Bertz CT molecular complexity index is 346. The molecule has 1 aromatic heterocycles. The molecular formula is C11H20N4O. The largest absolute Gasteiger partial charge is 0.370 e. The molecule has 90 valence electrons. The van der Waals surface area contributed by atoms with Crippen LogP contribution >= 0.6 is 0 Å². The van der Waals surface area contributed by atoms with Crippen molar-refractivity contribution in [1.29, 1.82) is 0 Å². The van der Waals surface area contributed by atoms with Crippen LogP contribution in [0.25, 0.3) is 0 Å². The number of hydrogen-bond acceptors (Lipinski definition) is 3. The number of amides is 1. The molecule has 1 aromatic rings. The quantitative estimate of drug-likeness (QED) is 0.735. The summed E-state index contributed by atoms with van der Waals surface area (Å²) in [5.74, 6) is 0.429. The van der Waals surface area contributed by atoms with Gasteiger partial charge in [-0.2, -0.15) is 0 Å². The molecule has 1 atom stereocenters. The van der Waals surface area contributed by atoms with Crippen LogP contribution in [-0.4, -0.2) is 22.0 Å². The standard InChI is InChI=1S/C11H20N4O/c1-8(2)9(5-12)10-6-14-7-15(10)4-3-11(13)16/h6-9H,3-5,12H2,1-2H3,(H2,13,16). The lowest BCUT2D eigenvalue weighted by molar-refractivity contribution is -0.118. The second-order valence-corrected chi connectivity index (χ2v) is 4.31. The van der Waals surface area contributed by atoms with E-state index in [4.69, 9.17) is 11.5 Å². The third-order valence-corrected chi connectivity index (χ3v) is 2.78. The molecule has 0 saturated carbocycles. The molecule has 5 heteroatoms. The van der Waals surface area contributed by atoms with E-state index in [-0.39, 0.29) is 11.8 Å². The molecule has 1 heterocycles. The van der Waals surface area contributed by atoms with Gasteiger partial charge in [-0.25, -0.2) is 4.98 Å². The Kier molecular flexibility index (Phi) is 4.49. The summed E-state index contributed by atoms with van der Waals surface area (Å²) in [6, 6.07) is 0. The van der Waals surface area contributed by atoms with Crippen LogP contribution in [0, 0.1) is 5.92 Å². The van der Waals surface area contributed by atoms with Gasteiger partial charge >= 0.3 is 0 Å². The van der Waals surface area contributed by atoms with Crippen molar-refractivity contribution in [3.63, 3.8) is 0 Å². The zero-order chi connectivity index (χ0) is 12.1. The Hall–Kier alpha value is -1.36. The number of hydrogen-bond donors (Lipinski definition) is 2. The number of carbonyl (C=O) groups is 1. The molecule has 0 saturated heterocycles. The van der Waals surface area contributed by atoms with Crippen molar-refractivity contribution in [2.45, 2.75) is 32.7 Å². The molecule has 1 unspecified atom stereocenters. The number of aryl methyl sites for hydroxylation is 1. The van der Waals surface area contributed by atoms with Gasteiger partial charge in [0, 0.05) is 37.3 Å². The normalized spacial score (nSPS) is 13.0. The minimum atomic E-state index is -0.298. The van der Waals surface area contributed by atoms with E-state index in [1.54, 1.807) is 6.33 Å². The van der Waals surface area contributed by atoms with Gasteiger partial charge in [-0.15, -0.1) is 0 Å². The smallest absolute Gasteiger partial charge is 0.219 e. The summed E-state index contributed by atoms with van der Waals surface area (Å²) in [7, 11) is 0. The minimum absolute atomic E-state index is 0.273. The van der Waals surface area contributed by atoms with Crippen molar-refractivity contribution in [2.75, 3.05) is 6.54 Å². The molecule has 0 bridgehead atoms. The molecule has 0 aliphatic heterocycles. The van der Waals surface area contributed by atoms with Gasteiger partial charge in [0.2, 0.25) is 5.91 Å². The molecule has 1 rings (SSSR count). The van der Waals surface area contributed by atoms with Gasteiger partial charge in [-0.3, -0.25) is 4.79 Å². The van der Waals surface area contributed by atoms with Gasteiger partial charge in [0.05, 0.1) is 6.33 Å². The molecule has 0 aromatic carbocycles. The van der Waals surface area contributed by atoms with Crippen LogP contribution < -0.4 is 11.5 Å².